The first kappa shape index (κ1) is 21.4. The second-order valence-corrected chi connectivity index (χ2v) is 10.1. The van der Waals surface area contributed by atoms with E-state index >= 15 is 0 Å². The Morgan fingerprint density at radius 2 is 1.97 bits per heavy atom. The largest absolute Gasteiger partial charge is 0.497 e. The summed E-state index contributed by atoms with van der Waals surface area (Å²) in [7, 11) is -1.53. The van der Waals surface area contributed by atoms with Gasteiger partial charge in [0.1, 0.15) is 5.75 Å². The van der Waals surface area contributed by atoms with E-state index in [1.807, 2.05) is 31.2 Å². The smallest absolute Gasteiger partial charge is 0.276 e. The van der Waals surface area contributed by atoms with Crippen molar-refractivity contribution in [2.45, 2.75) is 19.4 Å². The third-order valence-electron chi connectivity index (χ3n) is 5.42. The first-order chi connectivity index (χ1) is 14.8. The number of rotatable bonds is 5. The number of anilines is 1. The molecule has 1 aliphatic heterocycles. The molecular weight excluding hydrogens is 438 g/mol. The second kappa shape index (κ2) is 8.36. The summed E-state index contributed by atoms with van der Waals surface area (Å²) in [6, 6.07) is 14.0. The molecule has 0 spiro atoms. The van der Waals surface area contributed by atoms with Gasteiger partial charge in [-0.25, -0.2) is 8.42 Å². The predicted octanol–water partition coefficient (Wildman–Crippen LogP) is 4.13. The summed E-state index contributed by atoms with van der Waals surface area (Å²) in [5, 5.41) is 7.90. The third kappa shape index (κ3) is 4.45. The minimum atomic E-state index is -3.12. The normalized spacial score (nSPS) is 17.5. The van der Waals surface area contributed by atoms with Crippen LogP contribution in [0.2, 0.25) is 5.02 Å². The number of ether oxygens (including phenoxy) is 1. The first-order valence-electron chi connectivity index (χ1n) is 9.78. The molecule has 1 aromatic heterocycles. The lowest BCUT2D eigenvalue weighted by molar-refractivity contribution is 0.102. The minimum absolute atomic E-state index is 0.00625. The summed E-state index contributed by atoms with van der Waals surface area (Å²) in [5.41, 5.74) is 3.05. The van der Waals surface area contributed by atoms with Crippen molar-refractivity contribution < 1.29 is 17.9 Å². The van der Waals surface area contributed by atoms with E-state index < -0.39 is 9.84 Å². The zero-order valence-electron chi connectivity index (χ0n) is 17.1. The number of methoxy groups -OCH3 is 1. The highest BCUT2D eigenvalue weighted by Gasteiger charge is 2.32. The molecule has 0 aliphatic carbocycles. The number of hydrogen-bond donors (Lipinski definition) is 1. The number of amides is 1. The fourth-order valence-electron chi connectivity index (χ4n) is 3.66. The standard InChI is InChI=1S/C22H22ClN3O4S/c1-14-18(23)4-3-5-19(14)24-22(27)20-12-21(15-6-8-17(30-2)9-7-15)26(25-20)16-10-11-31(28,29)13-16/h3-9,12,16H,10-11,13H2,1-2H3,(H,24,27). The van der Waals surface area contributed by atoms with Crippen LogP contribution in [0.5, 0.6) is 5.75 Å². The molecule has 7 nitrogen and oxygen atoms in total. The summed E-state index contributed by atoms with van der Waals surface area (Å²) < 4.78 is 31.0. The average molecular weight is 460 g/mol. The van der Waals surface area contributed by atoms with Crippen LogP contribution in [-0.2, 0) is 9.84 Å². The number of aromatic nitrogens is 2. The number of nitrogens with zero attached hydrogens (tertiary/aromatic N) is 2. The van der Waals surface area contributed by atoms with Gasteiger partial charge in [0.05, 0.1) is 30.4 Å². The summed E-state index contributed by atoms with van der Waals surface area (Å²) in [6.45, 7) is 1.82. The number of sulfone groups is 1. The van der Waals surface area contributed by atoms with Crippen LogP contribution < -0.4 is 10.1 Å². The van der Waals surface area contributed by atoms with E-state index in [9.17, 15) is 13.2 Å². The van der Waals surface area contributed by atoms with Gasteiger partial charge in [0, 0.05) is 16.3 Å². The summed E-state index contributed by atoms with van der Waals surface area (Å²) in [5.74, 6) is 0.433. The van der Waals surface area contributed by atoms with Crippen molar-refractivity contribution in [2.75, 3.05) is 23.9 Å². The number of nitrogens with one attached hydrogen (secondary N) is 1. The maximum atomic E-state index is 12.9. The van der Waals surface area contributed by atoms with Gasteiger partial charge < -0.3 is 10.1 Å². The van der Waals surface area contributed by atoms with E-state index in [4.69, 9.17) is 16.3 Å². The number of carbonyl (C=O) groups is 1. The number of benzene rings is 2. The molecule has 9 heteroatoms. The number of carbonyl (C=O) groups excluding carboxylic acids is 1. The molecule has 1 atom stereocenters. The monoisotopic (exact) mass is 459 g/mol. The molecular formula is C22H22ClN3O4S. The topological polar surface area (TPSA) is 90.3 Å². The van der Waals surface area contributed by atoms with E-state index in [0.29, 0.717) is 28.6 Å². The lowest BCUT2D eigenvalue weighted by atomic mass is 10.1. The molecule has 1 saturated heterocycles. The van der Waals surface area contributed by atoms with Crippen LogP contribution in [0.1, 0.15) is 28.5 Å². The molecule has 0 bridgehead atoms. The SMILES string of the molecule is COc1ccc(-c2cc(C(=O)Nc3cccc(Cl)c3C)nn2C2CCS(=O)(=O)C2)cc1. The highest BCUT2D eigenvalue weighted by atomic mass is 35.5. The summed E-state index contributed by atoms with van der Waals surface area (Å²) in [6.07, 6.45) is 0.460. The van der Waals surface area contributed by atoms with Gasteiger partial charge in [0.2, 0.25) is 0 Å². The van der Waals surface area contributed by atoms with E-state index in [1.165, 1.54) is 0 Å². The molecule has 1 unspecified atom stereocenters. The fourth-order valence-corrected chi connectivity index (χ4v) is 5.53. The molecule has 1 fully saturated rings. The second-order valence-electron chi connectivity index (χ2n) is 7.51. The fraction of sp³-hybridized carbons (Fsp3) is 0.273. The van der Waals surface area contributed by atoms with E-state index in [-0.39, 0.29) is 29.1 Å². The van der Waals surface area contributed by atoms with Gasteiger partial charge in [-0.2, -0.15) is 5.10 Å². The van der Waals surface area contributed by atoms with Crippen LogP contribution in [0.15, 0.2) is 48.5 Å². The Morgan fingerprint density at radius 1 is 1.23 bits per heavy atom. The third-order valence-corrected chi connectivity index (χ3v) is 7.58. The minimum Gasteiger partial charge on any atom is -0.497 e. The van der Waals surface area contributed by atoms with Gasteiger partial charge >= 0.3 is 0 Å². The van der Waals surface area contributed by atoms with Gasteiger partial charge in [-0.3, -0.25) is 9.48 Å². The maximum absolute atomic E-state index is 12.9. The Hall–Kier alpha value is -2.84. The Labute approximate surface area is 185 Å². The predicted molar refractivity (Wildman–Crippen MR) is 121 cm³/mol. The van der Waals surface area contributed by atoms with Gasteiger partial charge in [0.15, 0.2) is 15.5 Å². The van der Waals surface area contributed by atoms with Gasteiger partial charge in [-0.15, -0.1) is 0 Å². The Balaban J connectivity index is 1.71. The molecule has 3 aromatic rings. The van der Waals surface area contributed by atoms with E-state index in [1.54, 1.807) is 36.1 Å². The van der Waals surface area contributed by atoms with Crippen LogP contribution >= 0.6 is 11.6 Å². The molecule has 0 radical (unpaired) electrons. The molecule has 31 heavy (non-hydrogen) atoms. The molecule has 0 saturated carbocycles. The van der Waals surface area contributed by atoms with E-state index in [0.717, 1.165) is 11.1 Å². The van der Waals surface area contributed by atoms with Crippen molar-refractivity contribution in [3.8, 4) is 17.0 Å². The van der Waals surface area contributed by atoms with Crippen molar-refractivity contribution >= 4 is 33.0 Å². The number of halogens is 1. The maximum Gasteiger partial charge on any atom is 0.276 e. The highest BCUT2D eigenvalue weighted by Crippen LogP contribution is 2.31. The van der Waals surface area contributed by atoms with Crippen LogP contribution in [0, 0.1) is 6.92 Å². The average Bonchev–Trinajstić information content (AvgIpc) is 3.35. The molecule has 2 heterocycles. The van der Waals surface area contributed by atoms with Crippen molar-refractivity contribution in [3.05, 3.63) is 64.8 Å². The quantitative estimate of drug-likeness (QED) is 0.619. The van der Waals surface area contributed by atoms with Crippen LogP contribution in [0.4, 0.5) is 5.69 Å². The summed E-state index contributed by atoms with van der Waals surface area (Å²) >= 11 is 6.15. The van der Waals surface area contributed by atoms with Crippen LogP contribution in [0.3, 0.4) is 0 Å². The first-order valence-corrected chi connectivity index (χ1v) is 12.0. The number of hydrogen-bond acceptors (Lipinski definition) is 5. The van der Waals surface area contributed by atoms with Gasteiger partial charge in [-0.05, 0) is 61.4 Å². The zero-order valence-corrected chi connectivity index (χ0v) is 18.7. The highest BCUT2D eigenvalue weighted by molar-refractivity contribution is 7.91. The van der Waals surface area contributed by atoms with Crippen LogP contribution in [0.25, 0.3) is 11.3 Å². The van der Waals surface area contributed by atoms with Crippen molar-refractivity contribution in [1.29, 1.82) is 0 Å². The lowest BCUT2D eigenvalue weighted by Gasteiger charge is -2.13. The molecule has 162 valence electrons. The van der Waals surface area contributed by atoms with Crippen molar-refractivity contribution in [3.63, 3.8) is 0 Å². The van der Waals surface area contributed by atoms with Crippen molar-refractivity contribution in [1.82, 2.24) is 9.78 Å². The lowest BCUT2D eigenvalue weighted by Crippen LogP contribution is -2.17. The molecule has 1 aliphatic rings. The van der Waals surface area contributed by atoms with E-state index in [2.05, 4.69) is 10.4 Å². The van der Waals surface area contributed by atoms with Gasteiger partial charge in [-0.1, -0.05) is 17.7 Å². The Morgan fingerprint density at radius 3 is 2.61 bits per heavy atom. The molecule has 1 amide bonds. The zero-order chi connectivity index (χ0) is 22.2. The Kier molecular flexibility index (Phi) is 5.77. The van der Waals surface area contributed by atoms with Crippen LogP contribution in [-0.4, -0.2) is 42.7 Å². The molecule has 4 rings (SSSR count). The van der Waals surface area contributed by atoms with Crippen molar-refractivity contribution in [2.24, 2.45) is 0 Å². The summed E-state index contributed by atoms with van der Waals surface area (Å²) in [4.78, 5) is 12.9. The Bertz CT molecular complexity index is 1240. The van der Waals surface area contributed by atoms with Gasteiger partial charge in [0.25, 0.3) is 5.91 Å². The molecule has 1 N–H and O–H groups in total. The molecule has 2 aromatic carbocycles.